The van der Waals surface area contributed by atoms with Gasteiger partial charge in [0.15, 0.2) is 5.78 Å². The summed E-state index contributed by atoms with van der Waals surface area (Å²) in [4.78, 5) is 12.9. The summed E-state index contributed by atoms with van der Waals surface area (Å²) in [6.45, 7) is 3.83. The SMILES string of the molecule is CC1(C)C=Cc2ccc(O)c(C(=O)/C=C/c3ccc(Cc4ccccc4)cc3)c2O1. The smallest absolute Gasteiger partial charge is 0.193 e. The molecule has 150 valence electrons. The third-order valence-corrected chi connectivity index (χ3v) is 5.10. The number of hydrogen-bond donors (Lipinski definition) is 1. The number of phenols is 1. The summed E-state index contributed by atoms with van der Waals surface area (Å²) < 4.78 is 5.98. The Hall–Kier alpha value is -3.59. The molecule has 30 heavy (non-hydrogen) atoms. The van der Waals surface area contributed by atoms with Crippen molar-refractivity contribution in [3.63, 3.8) is 0 Å². The third kappa shape index (κ3) is 4.36. The normalized spacial score (nSPS) is 14.3. The lowest BCUT2D eigenvalue weighted by Gasteiger charge is -2.29. The number of benzene rings is 3. The standard InChI is InChI=1S/C27H24O3/c1-27(2)17-16-22-13-15-24(29)25(26(22)30-27)23(28)14-12-19-8-10-21(11-9-19)18-20-6-4-3-5-7-20/h3-17,29H,18H2,1-2H3/b14-12+. The molecule has 0 unspecified atom stereocenters. The molecule has 0 radical (unpaired) electrons. The van der Waals surface area contributed by atoms with Crippen molar-refractivity contribution in [2.24, 2.45) is 0 Å². The molecule has 0 spiro atoms. The number of hydrogen-bond acceptors (Lipinski definition) is 3. The summed E-state index contributed by atoms with van der Waals surface area (Å²) in [6, 6.07) is 21.7. The lowest BCUT2D eigenvalue weighted by molar-refractivity contribution is 0.103. The molecular formula is C27H24O3. The van der Waals surface area contributed by atoms with E-state index in [-0.39, 0.29) is 17.1 Å². The predicted octanol–water partition coefficient (Wildman–Crippen LogP) is 6.06. The quantitative estimate of drug-likeness (QED) is 0.421. The highest BCUT2D eigenvalue weighted by atomic mass is 16.5. The number of phenolic OH excluding ortho intramolecular Hbond substituents is 1. The van der Waals surface area contributed by atoms with Crippen LogP contribution in [0.5, 0.6) is 11.5 Å². The second-order valence-corrected chi connectivity index (χ2v) is 8.02. The minimum Gasteiger partial charge on any atom is -0.507 e. The molecule has 0 saturated heterocycles. The molecule has 1 aliphatic heterocycles. The number of rotatable bonds is 5. The maximum absolute atomic E-state index is 12.9. The zero-order chi connectivity index (χ0) is 21.1. The first-order chi connectivity index (χ1) is 14.4. The molecule has 0 aliphatic carbocycles. The van der Waals surface area contributed by atoms with Gasteiger partial charge < -0.3 is 9.84 Å². The minimum atomic E-state index is -0.534. The molecule has 0 bridgehead atoms. The second kappa shape index (κ2) is 8.03. The average molecular weight is 396 g/mol. The summed E-state index contributed by atoms with van der Waals surface area (Å²) >= 11 is 0. The first-order valence-corrected chi connectivity index (χ1v) is 10.0. The van der Waals surface area contributed by atoms with Crippen LogP contribution in [0.3, 0.4) is 0 Å². The van der Waals surface area contributed by atoms with Gasteiger partial charge in [-0.2, -0.15) is 0 Å². The minimum absolute atomic E-state index is 0.0762. The van der Waals surface area contributed by atoms with Crippen LogP contribution in [0.2, 0.25) is 0 Å². The van der Waals surface area contributed by atoms with E-state index in [9.17, 15) is 9.90 Å². The Morgan fingerprint density at radius 1 is 0.967 bits per heavy atom. The van der Waals surface area contributed by atoms with Crippen molar-refractivity contribution in [2.75, 3.05) is 0 Å². The topological polar surface area (TPSA) is 46.5 Å². The number of allylic oxidation sites excluding steroid dienone is 1. The molecule has 0 saturated carbocycles. The van der Waals surface area contributed by atoms with Gasteiger partial charge >= 0.3 is 0 Å². The molecule has 3 aromatic rings. The largest absolute Gasteiger partial charge is 0.507 e. The van der Waals surface area contributed by atoms with Gasteiger partial charge in [0.1, 0.15) is 22.7 Å². The van der Waals surface area contributed by atoms with E-state index in [0.29, 0.717) is 5.75 Å². The van der Waals surface area contributed by atoms with Gasteiger partial charge in [-0.05, 0) is 61.2 Å². The average Bonchev–Trinajstić information content (AvgIpc) is 2.73. The third-order valence-electron chi connectivity index (χ3n) is 5.10. The van der Waals surface area contributed by atoms with Gasteiger partial charge in [-0.15, -0.1) is 0 Å². The number of carbonyl (C=O) groups excluding carboxylic acids is 1. The fraction of sp³-hybridized carbons (Fsp3) is 0.148. The van der Waals surface area contributed by atoms with Crippen molar-refractivity contribution in [3.8, 4) is 11.5 Å². The molecule has 0 aromatic heterocycles. The van der Waals surface area contributed by atoms with Gasteiger partial charge in [-0.3, -0.25) is 4.79 Å². The molecule has 3 nitrogen and oxygen atoms in total. The van der Waals surface area contributed by atoms with Crippen LogP contribution in [0.4, 0.5) is 0 Å². The van der Waals surface area contributed by atoms with Gasteiger partial charge in [-0.1, -0.05) is 66.7 Å². The Labute approximate surface area is 177 Å². The summed E-state index contributed by atoms with van der Waals surface area (Å²) in [5.74, 6) is 0.0619. The van der Waals surface area contributed by atoms with E-state index in [1.54, 1.807) is 12.1 Å². The molecular weight excluding hydrogens is 372 g/mol. The monoisotopic (exact) mass is 396 g/mol. The van der Waals surface area contributed by atoms with Crippen molar-refractivity contribution in [1.82, 2.24) is 0 Å². The molecule has 1 aliphatic rings. The number of carbonyl (C=O) groups is 1. The molecule has 4 rings (SSSR count). The summed E-state index contributed by atoms with van der Waals surface area (Å²) in [7, 11) is 0. The highest BCUT2D eigenvalue weighted by Gasteiger charge is 2.27. The van der Waals surface area contributed by atoms with Crippen LogP contribution in [-0.4, -0.2) is 16.5 Å². The number of ketones is 1. The zero-order valence-electron chi connectivity index (χ0n) is 17.1. The molecule has 1 N–H and O–H groups in total. The van der Waals surface area contributed by atoms with Crippen molar-refractivity contribution in [2.45, 2.75) is 25.9 Å². The van der Waals surface area contributed by atoms with Crippen molar-refractivity contribution >= 4 is 17.9 Å². The highest BCUT2D eigenvalue weighted by Crippen LogP contribution is 2.38. The van der Waals surface area contributed by atoms with E-state index in [2.05, 4.69) is 24.3 Å². The van der Waals surface area contributed by atoms with Crippen LogP contribution in [0.1, 0.15) is 46.5 Å². The van der Waals surface area contributed by atoms with E-state index in [0.717, 1.165) is 17.5 Å². The molecule has 0 amide bonds. The van der Waals surface area contributed by atoms with E-state index in [1.165, 1.54) is 23.3 Å². The van der Waals surface area contributed by atoms with Gasteiger partial charge in [0, 0.05) is 5.56 Å². The first-order valence-electron chi connectivity index (χ1n) is 10.0. The highest BCUT2D eigenvalue weighted by molar-refractivity contribution is 6.11. The van der Waals surface area contributed by atoms with Crippen molar-refractivity contribution in [3.05, 3.63) is 107 Å². The van der Waals surface area contributed by atoms with Gasteiger partial charge in [-0.25, -0.2) is 0 Å². The van der Waals surface area contributed by atoms with Crippen LogP contribution in [0.15, 0.2) is 78.9 Å². The number of fused-ring (bicyclic) bond motifs is 1. The summed E-state index contributed by atoms with van der Waals surface area (Å²) in [5, 5.41) is 10.3. The Morgan fingerprint density at radius 2 is 1.67 bits per heavy atom. The molecule has 3 heteroatoms. The van der Waals surface area contributed by atoms with Crippen molar-refractivity contribution < 1.29 is 14.6 Å². The van der Waals surface area contributed by atoms with E-state index in [4.69, 9.17) is 4.74 Å². The maximum atomic E-state index is 12.9. The van der Waals surface area contributed by atoms with E-state index in [1.807, 2.05) is 56.3 Å². The zero-order valence-corrected chi connectivity index (χ0v) is 17.1. The van der Waals surface area contributed by atoms with Crippen LogP contribution < -0.4 is 4.74 Å². The lowest BCUT2D eigenvalue weighted by Crippen LogP contribution is -2.28. The van der Waals surface area contributed by atoms with Crippen molar-refractivity contribution in [1.29, 1.82) is 0 Å². The van der Waals surface area contributed by atoms with Gasteiger partial charge in [0.25, 0.3) is 0 Å². The van der Waals surface area contributed by atoms with Crippen LogP contribution in [0, 0.1) is 0 Å². The van der Waals surface area contributed by atoms with Crippen LogP contribution >= 0.6 is 0 Å². The number of ether oxygens (including phenoxy) is 1. The molecule has 0 atom stereocenters. The fourth-order valence-corrected chi connectivity index (χ4v) is 3.49. The molecule has 0 fully saturated rings. The summed E-state index contributed by atoms with van der Waals surface area (Å²) in [5.41, 5.74) is 3.84. The Balaban J connectivity index is 1.53. The summed E-state index contributed by atoms with van der Waals surface area (Å²) in [6.07, 6.45) is 7.97. The van der Waals surface area contributed by atoms with Gasteiger partial charge in [0.2, 0.25) is 0 Å². The first kappa shape index (κ1) is 19.7. The maximum Gasteiger partial charge on any atom is 0.193 e. The predicted molar refractivity (Wildman–Crippen MR) is 121 cm³/mol. The van der Waals surface area contributed by atoms with Crippen LogP contribution in [-0.2, 0) is 6.42 Å². The Kier molecular flexibility index (Phi) is 5.28. The lowest BCUT2D eigenvalue weighted by atomic mass is 9.97. The Morgan fingerprint density at radius 3 is 2.40 bits per heavy atom. The molecule has 3 aromatic carbocycles. The van der Waals surface area contributed by atoms with E-state index >= 15 is 0 Å². The fourth-order valence-electron chi connectivity index (χ4n) is 3.49. The van der Waals surface area contributed by atoms with Gasteiger partial charge in [0.05, 0.1) is 0 Å². The van der Waals surface area contributed by atoms with E-state index < -0.39 is 5.60 Å². The van der Waals surface area contributed by atoms with Crippen LogP contribution in [0.25, 0.3) is 12.2 Å². The second-order valence-electron chi connectivity index (χ2n) is 8.02. The number of aromatic hydroxyl groups is 1. The molecule has 1 heterocycles. The Bertz CT molecular complexity index is 1120.